The molecule has 0 aliphatic heterocycles. The number of hydrogen-bond donors (Lipinski definition) is 2. The fraction of sp³-hybridized carbons (Fsp3) is 0.857. The van der Waals surface area contributed by atoms with Crippen LogP contribution in [0.1, 0.15) is 46.5 Å². The summed E-state index contributed by atoms with van der Waals surface area (Å²) in [7, 11) is -3.63. The highest BCUT2D eigenvalue weighted by Crippen LogP contribution is 2.50. The Morgan fingerprint density at radius 1 is 1.24 bits per heavy atom. The van der Waals surface area contributed by atoms with Gasteiger partial charge in [0.1, 0.15) is 5.25 Å². The predicted molar refractivity (Wildman–Crippen MR) is 79.6 cm³/mol. The molecule has 0 aromatic heterocycles. The van der Waals surface area contributed by atoms with Crippen molar-refractivity contribution >= 4 is 21.7 Å². The molecule has 0 radical (unpaired) electrons. The Labute approximate surface area is 126 Å². The molecule has 7 heteroatoms. The zero-order chi connectivity index (χ0) is 16.3. The lowest BCUT2D eigenvalue weighted by atomic mass is 10.1. The molecule has 1 aliphatic carbocycles. The van der Waals surface area contributed by atoms with Crippen LogP contribution in [0.15, 0.2) is 0 Å². The molecule has 21 heavy (non-hydrogen) atoms. The molecule has 6 nitrogen and oxygen atoms in total. The fourth-order valence-corrected chi connectivity index (χ4v) is 4.12. The van der Waals surface area contributed by atoms with E-state index in [1.807, 2.05) is 13.8 Å². The van der Waals surface area contributed by atoms with Gasteiger partial charge in [-0.15, -0.1) is 0 Å². The maximum Gasteiger partial charge on any atom is 0.303 e. The van der Waals surface area contributed by atoms with E-state index in [1.54, 1.807) is 0 Å². The Morgan fingerprint density at radius 2 is 1.81 bits per heavy atom. The second-order valence-electron chi connectivity index (χ2n) is 6.49. The van der Waals surface area contributed by atoms with Gasteiger partial charge in [-0.25, -0.2) is 8.42 Å². The first-order chi connectivity index (χ1) is 9.58. The van der Waals surface area contributed by atoms with Crippen molar-refractivity contribution in [3.63, 3.8) is 0 Å². The van der Waals surface area contributed by atoms with Crippen LogP contribution in [0.25, 0.3) is 0 Å². The third-order valence-electron chi connectivity index (χ3n) is 3.92. The maximum absolute atomic E-state index is 12.3. The fourth-order valence-electron chi connectivity index (χ4n) is 2.21. The molecular formula is C14H25NO5S. The Kier molecular flexibility index (Phi) is 5.78. The molecule has 1 fully saturated rings. The van der Waals surface area contributed by atoms with E-state index in [1.165, 1.54) is 6.92 Å². The lowest BCUT2D eigenvalue weighted by Gasteiger charge is -2.18. The quantitative estimate of drug-likeness (QED) is 0.665. The van der Waals surface area contributed by atoms with E-state index in [-0.39, 0.29) is 12.2 Å². The third-order valence-corrected chi connectivity index (χ3v) is 6.23. The summed E-state index contributed by atoms with van der Waals surface area (Å²) in [5.74, 6) is -1.27. The number of carbonyl (C=O) groups is 2. The largest absolute Gasteiger partial charge is 0.481 e. The number of aliphatic carboxylic acids is 1. The van der Waals surface area contributed by atoms with E-state index in [0.717, 1.165) is 6.42 Å². The second kappa shape index (κ2) is 6.77. The summed E-state index contributed by atoms with van der Waals surface area (Å²) < 4.78 is 24.5. The minimum atomic E-state index is -3.63. The number of carbonyl (C=O) groups excluding carboxylic acids is 1. The Balaban J connectivity index is 2.57. The van der Waals surface area contributed by atoms with Crippen LogP contribution < -0.4 is 5.32 Å². The van der Waals surface area contributed by atoms with Crippen molar-refractivity contribution in [1.29, 1.82) is 0 Å². The van der Waals surface area contributed by atoms with Crippen LogP contribution in [0.4, 0.5) is 0 Å². The summed E-state index contributed by atoms with van der Waals surface area (Å²) in [6, 6.07) is 0. The molecular weight excluding hydrogens is 294 g/mol. The molecule has 0 saturated heterocycles. The standard InChI is InChI=1S/C14H25NO5S/c1-10(2)4-7-15-13(18)11(3)21(19,20)9-14(5-6-14)8-12(16)17/h10-11H,4-9H2,1-3H3,(H,15,18)(H,16,17). The molecule has 1 atom stereocenters. The van der Waals surface area contributed by atoms with Crippen LogP contribution in [0.5, 0.6) is 0 Å². The summed E-state index contributed by atoms with van der Waals surface area (Å²) in [5.41, 5.74) is -0.656. The Hall–Kier alpha value is -1.11. The maximum atomic E-state index is 12.3. The molecule has 1 amide bonds. The topological polar surface area (TPSA) is 101 Å². The van der Waals surface area contributed by atoms with Crippen molar-refractivity contribution in [1.82, 2.24) is 5.32 Å². The van der Waals surface area contributed by atoms with Crippen LogP contribution in [0.2, 0.25) is 0 Å². The summed E-state index contributed by atoms with van der Waals surface area (Å²) in [5, 5.41) is 10.3. The minimum absolute atomic E-state index is 0.145. The van der Waals surface area contributed by atoms with Gasteiger partial charge in [-0.2, -0.15) is 0 Å². The molecule has 122 valence electrons. The summed E-state index contributed by atoms with van der Waals surface area (Å²) in [6.07, 6.45) is 1.84. The van der Waals surface area contributed by atoms with Crippen LogP contribution in [0, 0.1) is 11.3 Å². The van der Waals surface area contributed by atoms with Gasteiger partial charge in [0.05, 0.1) is 12.2 Å². The van der Waals surface area contributed by atoms with Gasteiger partial charge in [-0.05, 0) is 37.5 Å². The van der Waals surface area contributed by atoms with Gasteiger partial charge in [0.25, 0.3) is 0 Å². The highest BCUT2D eigenvalue weighted by molar-refractivity contribution is 7.92. The molecule has 1 unspecified atom stereocenters. The SMILES string of the molecule is CC(C)CCNC(=O)C(C)S(=O)(=O)CC1(CC(=O)O)CC1. The first-order valence-corrected chi connectivity index (χ1v) is 9.01. The average molecular weight is 319 g/mol. The zero-order valence-corrected chi connectivity index (χ0v) is 13.7. The van der Waals surface area contributed by atoms with Crippen molar-refractivity contribution in [2.45, 2.75) is 51.7 Å². The van der Waals surface area contributed by atoms with Gasteiger partial charge in [-0.3, -0.25) is 9.59 Å². The van der Waals surface area contributed by atoms with Gasteiger partial charge >= 0.3 is 5.97 Å². The van der Waals surface area contributed by atoms with E-state index in [2.05, 4.69) is 5.32 Å². The van der Waals surface area contributed by atoms with Crippen molar-refractivity contribution < 1.29 is 23.1 Å². The smallest absolute Gasteiger partial charge is 0.303 e. The van der Waals surface area contributed by atoms with Crippen LogP contribution in [-0.4, -0.2) is 42.9 Å². The summed E-state index contributed by atoms with van der Waals surface area (Å²) in [4.78, 5) is 22.7. The molecule has 0 heterocycles. The van der Waals surface area contributed by atoms with Crippen LogP contribution in [0.3, 0.4) is 0 Å². The molecule has 0 aromatic carbocycles. The number of carboxylic acids is 1. The Bertz CT molecular complexity index is 493. The van der Waals surface area contributed by atoms with Gasteiger partial charge in [0, 0.05) is 6.54 Å². The number of nitrogens with one attached hydrogen (secondary N) is 1. The predicted octanol–water partition coefficient (Wildman–Crippen LogP) is 1.21. The molecule has 0 aromatic rings. The Morgan fingerprint density at radius 3 is 2.24 bits per heavy atom. The molecule has 0 bridgehead atoms. The monoisotopic (exact) mass is 319 g/mol. The van der Waals surface area contributed by atoms with E-state index < -0.39 is 32.4 Å². The van der Waals surface area contributed by atoms with Crippen molar-refractivity contribution in [2.75, 3.05) is 12.3 Å². The molecule has 2 N–H and O–H groups in total. The first-order valence-electron chi connectivity index (χ1n) is 7.29. The van der Waals surface area contributed by atoms with Gasteiger partial charge < -0.3 is 10.4 Å². The molecule has 1 aliphatic rings. The lowest BCUT2D eigenvalue weighted by Crippen LogP contribution is -2.41. The van der Waals surface area contributed by atoms with Gasteiger partial charge in [0.15, 0.2) is 9.84 Å². The molecule has 0 spiro atoms. The first kappa shape index (κ1) is 17.9. The molecule has 1 rings (SSSR count). The second-order valence-corrected chi connectivity index (χ2v) is 8.81. The number of amides is 1. The number of sulfone groups is 1. The highest BCUT2D eigenvalue weighted by atomic mass is 32.2. The number of rotatable bonds is 9. The molecule has 1 saturated carbocycles. The number of hydrogen-bond acceptors (Lipinski definition) is 4. The normalized spacial score (nSPS) is 18.3. The number of carboxylic acid groups (broad SMARTS) is 1. The lowest BCUT2D eigenvalue weighted by molar-refractivity contribution is -0.138. The van der Waals surface area contributed by atoms with E-state index in [0.29, 0.717) is 25.3 Å². The van der Waals surface area contributed by atoms with E-state index in [4.69, 9.17) is 5.11 Å². The third kappa shape index (κ3) is 5.65. The highest BCUT2D eigenvalue weighted by Gasteiger charge is 2.49. The summed E-state index contributed by atoms with van der Waals surface area (Å²) >= 11 is 0. The summed E-state index contributed by atoms with van der Waals surface area (Å²) in [6.45, 7) is 5.87. The van der Waals surface area contributed by atoms with Crippen LogP contribution >= 0.6 is 0 Å². The van der Waals surface area contributed by atoms with Gasteiger partial charge in [-0.1, -0.05) is 13.8 Å². The van der Waals surface area contributed by atoms with E-state index in [9.17, 15) is 18.0 Å². The average Bonchev–Trinajstić information content (AvgIpc) is 3.04. The van der Waals surface area contributed by atoms with Crippen molar-refractivity contribution in [3.8, 4) is 0 Å². The van der Waals surface area contributed by atoms with Crippen LogP contribution in [-0.2, 0) is 19.4 Å². The minimum Gasteiger partial charge on any atom is -0.481 e. The zero-order valence-electron chi connectivity index (χ0n) is 12.9. The van der Waals surface area contributed by atoms with E-state index >= 15 is 0 Å². The van der Waals surface area contributed by atoms with Gasteiger partial charge in [0.2, 0.25) is 5.91 Å². The van der Waals surface area contributed by atoms with Crippen molar-refractivity contribution in [3.05, 3.63) is 0 Å². The van der Waals surface area contributed by atoms with Crippen molar-refractivity contribution in [2.24, 2.45) is 11.3 Å².